The number of benzene rings is 1. The van der Waals surface area contributed by atoms with Crippen LogP contribution < -0.4 is 10.5 Å². The number of pyridine rings is 1. The predicted molar refractivity (Wildman–Crippen MR) is 115 cm³/mol. The van der Waals surface area contributed by atoms with E-state index in [0.29, 0.717) is 28.7 Å². The quantitative estimate of drug-likeness (QED) is 0.672. The molecule has 1 saturated heterocycles. The Morgan fingerprint density at radius 3 is 2.87 bits per heavy atom. The van der Waals surface area contributed by atoms with Crippen molar-refractivity contribution in [3.05, 3.63) is 59.0 Å². The summed E-state index contributed by atoms with van der Waals surface area (Å²) in [5.41, 5.74) is 7.89. The third-order valence-electron chi connectivity index (χ3n) is 5.47. The molecular formula is C22H23FN4O2S. The zero-order chi connectivity index (χ0) is 21.3. The van der Waals surface area contributed by atoms with Gasteiger partial charge >= 0.3 is 0 Å². The number of thiazole rings is 1. The second kappa shape index (κ2) is 8.39. The Bertz CT molecular complexity index is 1060. The van der Waals surface area contributed by atoms with Crippen LogP contribution in [0.4, 0.5) is 10.1 Å². The van der Waals surface area contributed by atoms with Crippen molar-refractivity contribution < 1.29 is 13.9 Å². The van der Waals surface area contributed by atoms with E-state index in [0.717, 1.165) is 18.4 Å². The first-order valence-electron chi connectivity index (χ1n) is 9.82. The number of ether oxygens (including phenoxy) is 1. The van der Waals surface area contributed by atoms with Crippen LogP contribution in [0.25, 0.3) is 10.6 Å². The fourth-order valence-electron chi connectivity index (χ4n) is 3.68. The van der Waals surface area contributed by atoms with Gasteiger partial charge in [-0.2, -0.15) is 0 Å². The Morgan fingerprint density at radius 1 is 1.27 bits per heavy atom. The molecule has 3 heterocycles. The van der Waals surface area contributed by atoms with Gasteiger partial charge in [0.25, 0.3) is 5.91 Å². The number of amides is 1. The van der Waals surface area contributed by atoms with Crippen LogP contribution in [0.5, 0.6) is 5.88 Å². The summed E-state index contributed by atoms with van der Waals surface area (Å²) >= 11 is 1.38. The van der Waals surface area contributed by atoms with E-state index < -0.39 is 5.82 Å². The van der Waals surface area contributed by atoms with Crippen molar-refractivity contribution in [2.24, 2.45) is 0 Å². The van der Waals surface area contributed by atoms with Crippen molar-refractivity contribution in [2.75, 3.05) is 12.3 Å². The molecular weight excluding hydrogens is 403 g/mol. The van der Waals surface area contributed by atoms with Gasteiger partial charge in [-0.1, -0.05) is 12.1 Å². The molecule has 2 unspecified atom stereocenters. The molecule has 1 aliphatic rings. The minimum Gasteiger partial charge on any atom is -0.472 e. The van der Waals surface area contributed by atoms with Gasteiger partial charge in [-0.05, 0) is 38.8 Å². The summed E-state index contributed by atoms with van der Waals surface area (Å²) in [6.07, 6.45) is 4.53. The lowest BCUT2D eigenvalue weighted by molar-refractivity contribution is 0.0368. The number of halogens is 1. The second-order valence-corrected chi connectivity index (χ2v) is 8.35. The number of carbonyl (C=O) groups is 1. The first-order chi connectivity index (χ1) is 14.5. The first kappa shape index (κ1) is 20.3. The summed E-state index contributed by atoms with van der Waals surface area (Å²) in [4.78, 5) is 23.7. The SMILES string of the molecule is Cc1c(N)ccnc1OC1CCC(C)N(C(=O)c2c(F)cccc2-c2nccs2)C1. The van der Waals surface area contributed by atoms with Crippen LogP contribution in [0.2, 0.25) is 0 Å². The topological polar surface area (TPSA) is 81.3 Å². The smallest absolute Gasteiger partial charge is 0.257 e. The van der Waals surface area contributed by atoms with Crippen LogP contribution >= 0.6 is 11.3 Å². The minimum absolute atomic E-state index is 0.0315. The number of anilines is 1. The van der Waals surface area contributed by atoms with E-state index in [1.807, 2.05) is 19.2 Å². The van der Waals surface area contributed by atoms with Gasteiger partial charge in [-0.3, -0.25) is 4.79 Å². The van der Waals surface area contributed by atoms with Gasteiger partial charge in [0.2, 0.25) is 5.88 Å². The van der Waals surface area contributed by atoms with E-state index in [-0.39, 0.29) is 23.6 Å². The summed E-state index contributed by atoms with van der Waals surface area (Å²) in [6.45, 7) is 4.18. The largest absolute Gasteiger partial charge is 0.472 e. The zero-order valence-corrected chi connectivity index (χ0v) is 17.7. The number of carbonyl (C=O) groups excluding carboxylic acids is 1. The fourth-order valence-corrected chi connectivity index (χ4v) is 4.35. The summed E-state index contributed by atoms with van der Waals surface area (Å²) in [5.74, 6) is -0.427. The van der Waals surface area contributed by atoms with Crippen molar-refractivity contribution >= 4 is 22.9 Å². The van der Waals surface area contributed by atoms with Crippen molar-refractivity contribution in [3.8, 4) is 16.5 Å². The molecule has 0 radical (unpaired) electrons. The van der Waals surface area contributed by atoms with Gasteiger partial charge < -0.3 is 15.4 Å². The van der Waals surface area contributed by atoms with Gasteiger partial charge in [0.05, 0.1) is 12.1 Å². The molecule has 30 heavy (non-hydrogen) atoms. The molecule has 0 saturated carbocycles. The lowest BCUT2D eigenvalue weighted by Crippen LogP contribution is -2.49. The van der Waals surface area contributed by atoms with E-state index in [4.69, 9.17) is 10.5 Å². The first-order valence-corrected chi connectivity index (χ1v) is 10.7. The molecule has 2 aromatic heterocycles. The highest BCUT2D eigenvalue weighted by Crippen LogP contribution is 2.31. The number of hydrogen-bond acceptors (Lipinski definition) is 6. The Hall–Kier alpha value is -3.00. The van der Waals surface area contributed by atoms with Crippen LogP contribution in [0, 0.1) is 12.7 Å². The Morgan fingerprint density at radius 2 is 2.10 bits per heavy atom. The van der Waals surface area contributed by atoms with Gasteiger partial charge in [0, 0.05) is 40.6 Å². The molecule has 1 amide bonds. The molecule has 0 spiro atoms. The Kier molecular flexibility index (Phi) is 5.67. The molecule has 1 fully saturated rings. The molecule has 6 nitrogen and oxygen atoms in total. The number of hydrogen-bond donors (Lipinski definition) is 1. The third kappa shape index (κ3) is 3.87. The monoisotopic (exact) mass is 426 g/mol. The van der Waals surface area contributed by atoms with Gasteiger partial charge in [-0.15, -0.1) is 11.3 Å². The summed E-state index contributed by atoms with van der Waals surface area (Å²) < 4.78 is 20.9. The molecule has 2 atom stereocenters. The molecule has 4 rings (SSSR count). The number of nitrogen functional groups attached to an aromatic ring is 1. The van der Waals surface area contributed by atoms with Crippen LogP contribution in [0.1, 0.15) is 35.7 Å². The molecule has 1 aromatic carbocycles. The maximum absolute atomic E-state index is 14.8. The number of piperidine rings is 1. The molecule has 2 N–H and O–H groups in total. The summed E-state index contributed by atoms with van der Waals surface area (Å²) in [5, 5.41) is 2.43. The van der Waals surface area contributed by atoms with Gasteiger partial charge in [0.1, 0.15) is 16.9 Å². The normalized spacial score (nSPS) is 19.0. The summed E-state index contributed by atoms with van der Waals surface area (Å²) in [6, 6.07) is 6.34. The van der Waals surface area contributed by atoms with E-state index >= 15 is 0 Å². The average Bonchev–Trinajstić information content (AvgIpc) is 3.27. The Labute approximate surface area is 178 Å². The fraction of sp³-hybridized carbons (Fsp3) is 0.318. The number of likely N-dealkylation sites (tertiary alicyclic amines) is 1. The van der Waals surface area contributed by atoms with Crippen molar-refractivity contribution in [1.82, 2.24) is 14.9 Å². The highest BCUT2D eigenvalue weighted by molar-refractivity contribution is 7.13. The van der Waals surface area contributed by atoms with Crippen LogP contribution in [-0.2, 0) is 0 Å². The van der Waals surface area contributed by atoms with E-state index in [2.05, 4.69) is 9.97 Å². The highest BCUT2D eigenvalue weighted by Gasteiger charge is 2.33. The highest BCUT2D eigenvalue weighted by atomic mass is 32.1. The maximum atomic E-state index is 14.8. The van der Waals surface area contributed by atoms with Crippen LogP contribution in [-0.4, -0.2) is 39.5 Å². The molecule has 1 aliphatic heterocycles. The molecule has 0 bridgehead atoms. The molecule has 156 valence electrons. The molecule has 8 heteroatoms. The lowest BCUT2D eigenvalue weighted by atomic mass is 9.98. The van der Waals surface area contributed by atoms with Gasteiger partial charge in [-0.25, -0.2) is 14.4 Å². The van der Waals surface area contributed by atoms with Crippen molar-refractivity contribution in [3.63, 3.8) is 0 Å². The van der Waals surface area contributed by atoms with Crippen LogP contribution in [0.3, 0.4) is 0 Å². The van der Waals surface area contributed by atoms with E-state index in [9.17, 15) is 9.18 Å². The third-order valence-corrected chi connectivity index (χ3v) is 6.27. The average molecular weight is 427 g/mol. The Balaban J connectivity index is 1.60. The number of aromatic nitrogens is 2. The molecule has 0 aliphatic carbocycles. The van der Waals surface area contributed by atoms with Crippen LogP contribution in [0.15, 0.2) is 42.0 Å². The van der Waals surface area contributed by atoms with Crippen molar-refractivity contribution in [1.29, 1.82) is 0 Å². The second-order valence-electron chi connectivity index (χ2n) is 7.45. The zero-order valence-electron chi connectivity index (χ0n) is 16.8. The minimum atomic E-state index is -0.545. The van der Waals surface area contributed by atoms with Crippen molar-refractivity contribution in [2.45, 2.75) is 38.8 Å². The van der Waals surface area contributed by atoms with E-state index in [1.165, 1.54) is 17.4 Å². The maximum Gasteiger partial charge on any atom is 0.257 e. The number of nitrogens with two attached hydrogens (primary N) is 1. The predicted octanol–water partition coefficient (Wildman–Crippen LogP) is 4.31. The van der Waals surface area contributed by atoms with E-state index in [1.54, 1.807) is 35.5 Å². The number of rotatable bonds is 4. The molecule has 3 aromatic rings. The van der Waals surface area contributed by atoms with Gasteiger partial charge in [0.15, 0.2) is 0 Å². The number of nitrogens with zero attached hydrogens (tertiary/aromatic N) is 3. The standard InChI is InChI=1S/C22H23FN4O2S/c1-13-6-7-15(29-20-14(2)18(24)8-9-25-20)12-27(13)22(28)19-16(4-3-5-17(19)23)21-26-10-11-30-21/h3-5,8-11,13,15H,6-7,12H2,1-2H3,(H2,24,25). The lowest BCUT2D eigenvalue weighted by Gasteiger charge is -2.38. The summed E-state index contributed by atoms with van der Waals surface area (Å²) in [7, 11) is 0.